The van der Waals surface area contributed by atoms with Crippen molar-refractivity contribution in [3.63, 3.8) is 0 Å². The number of carbonyl (C=O) groups is 1. The van der Waals surface area contributed by atoms with Crippen LogP contribution in [0, 0.1) is 11.6 Å². The summed E-state index contributed by atoms with van der Waals surface area (Å²) in [5.74, 6) is -0.820. The number of unbranched alkanes of at least 4 members (excludes halogenated alkanes) is 1. The number of imidazole rings is 1. The highest BCUT2D eigenvalue weighted by atomic mass is 19.1. The zero-order valence-corrected chi connectivity index (χ0v) is 20.8. The van der Waals surface area contributed by atoms with E-state index in [0.29, 0.717) is 51.3 Å². The van der Waals surface area contributed by atoms with Gasteiger partial charge in [0.15, 0.2) is 11.6 Å². The third kappa shape index (κ3) is 4.58. The number of hydrogen-bond acceptors (Lipinski definition) is 6. The van der Waals surface area contributed by atoms with E-state index in [0.717, 1.165) is 12.8 Å². The summed E-state index contributed by atoms with van der Waals surface area (Å²) >= 11 is 0. The number of hydrogen-bond donors (Lipinski definition) is 3. The van der Waals surface area contributed by atoms with E-state index < -0.39 is 5.82 Å². The molecule has 194 valence electrons. The summed E-state index contributed by atoms with van der Waals surface area (Å²) in [7, 11) is 0. The van der Waals surface area contributed by atoms with Gasteiger partial charge in [0.1, 0.15) is 22.7 Å². The molecule has 1 aromatic carbocycles. The van der Waals surface area contributed by atoms with Gasteiger partial charge in [0, 0.05) is 29.9 Å². The average Bonchev–Trinajstić information content (AvgIpc) is 3.57. The third-order valence-electron chi connectivity index (χ3n) is 6.32. The second-order valence-electron chi connectivity index (χ2n) is 9.05. The molecule has 0 aliphatic heterocycles. The summed E-state index contributed by atoms with van der Waals surface area (Å²) in [6.07, 6.45) is 8.14. The number of anilines is 1. The lowest BCUT2D eigenvalue weighted by atomic mass is 10.1. The Bertz CT molecular complexity index is 1840. The maximum absolute atomic E-state index is 16.0. The number of aromatic nitrogens is 7. The Morgan fingerprint density at radius 2 is 1.87 bits per heavy atom. The molecule has 9 nitrogen and oxygen atoms in total. The Balaban J connectivity index is 1.41. The standard InChI is InChI=1S/C28H22F2N8O/c1-2-3-7-21(39)34-18-11-16(12-31-13-18)24-23(30)22-20(14-33-24)37-38-27(22)28-35-19-8-9-32-25(26(19)36-28)15-5-4-6-17(29)10-15/h4-6,8-14H,2-3,7H2,1H3,(H,34,39)(H,35,36)(H,37,38). The van der Waals surface area contributed by atoms with Gasteiger partial charge in [-0.1, -0.05) is 25.5 Å². The number of nitrogens with zero attached hydrogens (tertiary/aromatic N) is 5. The van der Waals surface area contributed by atoms with Crippen molar-refractivity contribution in [2.75, 3.05) is 5.32 Å². The highest BCUT2D eigenvalue weighted by Gasteiger charge is 2.22. The van der Waals surface area contributed by atoms with Crippen LogP contribution >= 0.6 is 0 Å². The van der Waals surface area contributed by atoms with E-state index in [1.165, 1.54) is 30.7 Å². The summed E-state index contributed by atoms with van der Waals surface area (Å²) in [5.41, 5.74) is 3.74. The number of pyridine rings is 3. The zero-order chi connectivity index (χ0) is 26.9. The van der Waals surface area contributed by atoms with Crippen molar-refractivity contribution in [3.8, 4) is 34.0 Å². The van der Waals surface area contributed by atoms with E-state index in [4.69, 9.17) is 0 Å². The smallest absolute Gasteiger partial charge is 0.224 e. The molecule has 0 radical (unpaired) electrons. The number of rotatable bonds is 7. The lowest BCUT2D eigenvalue weighted by Crippen LogP contribution is -2.11. The Morgan fingerprint density at radius 1 is 0.974 bits per heavy atom. The molecule has 39 heavy (non-hydrogen) atoms. The minimum absolute atomic E-state index is 0.0561. The van der Waals surface area contributed by atoms with Crippen molar-refractivity contribution in [1.29, 1.82) is 0 Å². The normalized spacial score (nSPS) is 11.4. The van der Waals surface area contributed by atoms with Crippen molar-refractivity contribution in [2.45, 2.75) is 26.2 Å². The van der Waals surface area contributed by atoms with Crippen LogP contribution in [0.3, 0.4) is 0 Å². The summed E-state index contributed by atoms with van der Waals surface area (Å²) in [6, 6.07) is 9.45. The number of amides is 1. The maximum atomic E-state index is 16.0. The fourth-order valence-corrected chi connectivity index (χ4v) is 4.44. The molecule has 0 fully saturated rings. The predicted octanol–water partition coefficient (Wildman–Crippen LogP) is 6.03. The van der Waals surface area contributed by atoms with E-state index in [9.17, 15) is 9.18 Å². The molecule has 3 N–H and O–H groups in total. The van der Waals surface area contributed by atoms with Crippen LogP contribution in [0.2, 0.25) is 0 Å². The van der Waals surface area contributed by atoms with Crippen molar-refractivity contribution in [1.82, 2.24) is 35.1 Å². The molecule has 5 heterocycles. The van der Waals surface area contributed by atoms with E-state index in [2.05, 4.69) is 40.4 Å². The van der Waals surface area contributed by atoms with Gasteiger partial charge in [0.25, 0.3) is 0 Å². The van der Waals surface area contributed by atoms with Crippen LogP contribution in [0.15, 0.2) is 61.2 Å². The number of halogens is 2. The monoisotopic (exact) mass is 524 g/mol. The molecule has 0 bridgehead atoms. The number of H-pyrrole nitrogens is 2. The van der Waals surface area contributed by atoms with Crippen LogP contribution in [0.25, 0.3) is 56.0 Å². The summed E-state index contributed by atoms with van der Waals surface area (Å²) in [4.78, 5) is 32.8. The van der Waals surface area contributed by atoms with Crippen LogP contribution in [0.4, 0.5) is 14.5 Å². The van der Waals surface area contributed by atoms with Crippen molar-refractivity contribution >= 4 is 33.5 Å². The molecular weight excluding hydrogens is 502 g/mol. The Labute approximate surface area is 220 Å². The topological polar surface area (TPSA) is 125 Å². The molecule has 5 aromatic heterocycles. The highest BCUT2D eigenvalue weighted by Crippen LogP contribution is 2.34. The highest BCUT2D eigenvalue weighted by molar-refractivity contribution is 5.97. The second-order valence-corrected chi connectivity index (χ2v) is 9.05. The van der Waals surface area contributed by atoms with Crippen LogP contribution < -0.4 is 5.32 Å². The van der Waals surface area contributed by atoms with Crippen molar-refractivity contribution in [2.24, 2.45) is 0 Å². The summed E-state index contributed by atoms with van der Waals surface area (Å²) in [5, 5.41) is 10.1. The number of carbonyl (C=O) groups excluding carboxylic acids is 1. The molecule has 0 aliphatic rings. The van der Waals surface area contributed by atoms with Gasteiger partial charge >= 0.3 is 0 Å². The lowest BCUT2D eigenvalue weighted by molar-refractivity contribution is -0.116. The first-order valence-electron chi connectivity index (χ1n) is 12.4. The first kappa shape index (κ1) is 24.3. The van der Waals surface area contributed by atoms with Gasteiger partial charge < -0.3 is 10.3 Å². The Kier molecular flexibility index (Phi) is 6.23. The van der Waals surface area contributed by atoms with Crippen LogP contribution in [-0.2, 0) is 4.79 Å². The van der Waals surface area contributed by atoms with Gasteiger partial charge in [-0.3, -0.25) is 24.8 Å². The van der Waals surface area contributed by atoms with Gasteiger partial charge in [-0.15, -0.1) is 0 Å². The Morgan fingerprint density at radius 3 is 2.72 bits per heavy atom. The molecule has 0 atom stereocenters. The summed E-state index contributed by atoms with van der Waals surface area (Å²) < 4.78 is 29.9. The lowest BCUT2D eigenvalue weighted by Gasteiger charge is -2.08. The molecule has 0 spiro atoms. The van der Waals surface area contributed by atoms with E-state index in [1.807, 2.05) is 6.92 Å². The first-order valence-corrected chi connectivity index (χ1v) is 12.4. The quantitative estimate of drug-likeness (QED) is 0.234. The van der Waals surface area contributed by atoms with Crippen LogP contribution in [0.5, 0.6) is 0 Å². The number of aromatic amines is 2. The first-order chi connectivity index (χ1) is 19.0. The van der Waals surface area contributed by atoms with Crippen LogP contribution in [0.1, 0.15) is 26.2 Å². The molecular formula is C28H22F2N8O. The molecule has 11 heteroatoms. The van der Waals surface area contributed by atoms with Crippen molar-refractivity contribution in [3.05, 3.63) is 72.8 Å². The second kappa shape index (κ2) is 10.0. The molecule has 0 saturated heterocycles. The number of fused-ring (bicyclic) bond motifs is 2. The fraction of sp³-hybridized carbons (Fsp3) is 0.143. The fourth-order valence-electron chi connectivity index (χ4n) is 4.44. The van der Waals surface area contributed by atoms with Crippen molar-refractivity contribution < 1.29 is 13.6 Å². The third-order valence-corrected chi connectivity index (χ3v) is 6.32. The van der Waals surface area contributed by atoms with Gasteiger partial charge in [-0.05, 0) is 30.7 Å². The van der Waals surface area contributed by atoms with E-state index >= 15 is 4.39 Å². The Hall–Kier alpha value is -5.06. The van der Waals surface area contributed by atoms with Gasteiger partial charge in [0.2, 0.25) is 5.91 Å². The average molecular weight is 525 g/mol. The molecule has 0 saturated carbocycles. The number of nitrogens with one attached hydrogen (secondary N) is 3. The van der Waals surface area contributed by atoms with E-state index in [-0.39, 0.29) is 28.5 Å². The number of benzene rings is 1. The summed E-state index contributed by atoms with van der Waals surface area (Å²) in [6.45, 7) is 2.01. The minimum Gasteiger partial charge on any atom is -0.336 e. The SMILES string of the molecule is CCCCC(=O)Nc1cncc(-c2ncc3[nH]nc(-c4nc5c(-c6cccc(F)c6)nccc5[nH]4)c3c2F)c1. The molecule has 6 rings (SSSR count). The van der Waals surface area contributed by atoms with Gasteiger partial charge in [-0.2, -0.15) is 5.10 Å². The maximum Gasteiger partial charge on any atom is 0.224 e. The molecule has 0 unspecified atom stereocenters. The van der Waals surface area contributed by atoms with E-state index in [1.54, 1.807) is 30.5 Å². The molecule has 0 aliphatic carbocycles. The zero-order valence-electron chi connectivity index (χ0n) is 20.8. The molecule has 6 aromatic rings. The largest absolute Gasteiger partial charge is 0.336 e. The van der Waals surface area contributed by atoms with Crippen LogP contribution in [-0.4, -0.2) is 41.0 Å². The van der Waals surface area contributed by atoms with Gasteiger partial charge in [-0.25, -0.2) is 13.8 Å². The molecule has 1 amide bonds. The minimum atomic E-state index is -0.614. The predicted molar refractivity (Wildman–Crippen MR) is 144 cm³/mol. The van der Waals surface area contributed by atoms with Gasteiger partial charge in [0.05, 0.1) is 40.2 Å².